The normalized spacial score (nSPS) is 12.3. The van der Waals surface area contributed by atoms with E-state index in [4.69, 9.17) is 4.74 Å². The van der Waals surface area contributed by atoms with Crippen LogP contribution in [0.5, 0.6) is 0 Å². The van der Waals surface area contributed by atoms with Gasteiger partial charge in [0.05, 0.1) is 28.2 Å². The molecule has 0 radical (unpaired) electrons. The van der Waals surface area contributed by atoms with Gasteiger partial charge in [-0.3, -0.25) is 15.1 Å². The summed E-state index contributed by atoms with van der Waals surface area (Å²) in [6.45, 7) is 2.54. The number of nitro benzene ring substituents is 1. The maximum absolute atomic E-state index is 11.2. The summed E-state index contributed by atoms with van der Waals surface area (Å²) in [5, 5.41) is 14.7. The fourth-order valence-electron chi connectivity index (χ4n) is 2.62. The van der Waals surface area contributed by atoms with Crippen LogP contribution in [0.2, 0.25) is 0 Å². The van der Waals surface area contributed by atoms with Crippen LogP contribution in [0.25, 0.3) is 10.9 Å². The number of nitrogens with zero attached hydrogens (tertiary/aromatic N) is 4. The van der Waals surface area contributed by atoms with Gasteiger partial charge >= 0.3 is 0 Å². The monoisotopic (exact) mass is 358 g/mol. The molecule has 2 aromatic heterocycles. The highest BCUT2D eigenvalue weighted by atomic mass is 32.1. The Hall–Kier alpha value is -2.58. The van der Waals surface area contributed by atoms with Crippen molar-refractivity contribution < 1.29 is 9.66 Å². The van der Waals surface area contributed by atoms with Crippen LogP contribution >= 0.6 is 11.3 Å². The quantitative estimate of drug-likeness (QED) is 0.490. The summed E-state index contributed by atoms with van der Waals surface area (Å²) in [6.07, 6.45) is 1.61. The molecule has 25 heavy (non-hydrogen) atoms. The Morgan fingerprint density at radius 3 is 2.92 bits per heavy atom. The Labute approximate surface area is 149 Å². The Balaban J connectivity index is 1.92. The van der Waals surface area contributed by atoms with E-state index in [0.717, 1.165) is 16.4 Å². The number of fused-ring (bicyclic) bond motifs is 1. The fraction of sp³-hybridized carbons (Fsp3) is 0.294. The van der Waals surface area contributed by atoms with E-state index in [-0.39, 0.29) is 16.7 Å². The highest BCUT2D eigenvalue weighted by molar-refractivity contribution is 7.09. The van der Waals surface area contributed by atoms with E-state index in [1.807, 2.05) is 24.3 Å². The highest BCUT2D eigenvalue weighted by Crippen LogP contribution is 2.32. The zero-order valence-corrected chi connectivity index (χ0v) is 15.0. The van der Waals surface area contributed by atoms with Crippen molar-refractivity contribution in [2.45, 2.75) is 19.6 Å². The van der Waals surface area contributed by atoms with Gasteiger partial charge in [0.2, 0.25) is 0 Å². The van der Waals surface area contributed by atoms with Gasteiger partial charge in [0, 0.05) is 31.8 Å². The first-order valence-corrected chi connectivity index (χ1v) is 8.59. The lowest BCUT2D eigenvalue weighted by Crippen LogP contribution is -2.17. The summed E-state index contributed by atoms with van der Waals surface area (Å²) in [4.78, 5) is 21.8. The summed E-state index contributed by atoms with van der Waals surface area (Å²) < 4.78 is 5.29. The predicted octanol–water partition coefficient (Wildman–Crippen LogP) is 3.94. The molecule has 0 saturated heterocycles. The molecule has 2 heterocycles. The number of nitro groups is 1. The molecule has 130 valence electrons. The molecule has 0 fully saturated rings. The third kappa shape index (κ3) is 3.45. The largest absolute Gasteiger partial charge is 0.375 e. The molecule has 0 spiro atoms. The van der Waals surface area contributed by atoms with Gasteiger partial charge in [-0.25, -0.2) is 4.98 Å². The third-order valence-corrected chi connectivity index (χ3v) is 5.06. The van der Waals surface area contributed by atoms with Crippen molar-refractivity contribution in [1.82, 2.24) is 9.97 Å². The molecule has 8 heteroatoms. The second-order valence-corrected chi connectivity index (χ2v) is 6.56. The van der Waals surface area contributed by atoms with Crippen molar-refractivity contribution in [3.63, 3.8) is 0 Å². The molecule has 1 aromatic carbocycles. The SMILES string of the molecule is COC(C)c1nc(CN(C)c2ccc([N+](=O)[O-])c3cccnc23)cs1. The van der Waals surface area contributed by atoms with E-state index in [1.54, 1.807) is 42.8 Å². The number of methoxy groups -OCH3 is 1. The third-order valence-electron chi connectivity index (χ3n) is 4.00. The van der Waals surface area contributed by atoms with Crippen LogP contribution in [0, 0.1) is 10.1 Å². The van der Waals surface area contributed by atoms with Gasteiger partial charge in [0.15, 0.2) is 0 Å². The van der Waals surface area contributed by atoms with Crippen LogP contribution in [0.4, 0.5) is 11.4 Å². The van der Waals surface area contributed by atoms with Crippen molar-refractivity contribution in [2.24, 2.45) is 0 Å². The summed E-state index contributed by atoms with van der Waals surface area (Å²) in [5.41, 5.74) is 2.43. The molecule has 0 aliphatic carbocycles. The molecule has 3 aromatic rings. The van der Waals surface area contributed by atoms with E-state index in [1.165, 1.54) is 6.07 Å². The molecule has 1 unspecified atom stereocenters. The van der Waals surface area contributed by atoms with Crippen LogP contribution in [0.3, 0.4) is 0 Å². The summed E-state index contributed by atoms with van der Waals surface area (Å²) >= 11 is 1.56. The summed E-state index contributed by atoms with van der Waals surface area (Å²) in [5.74, 6) is 0. The predicted molar refractivity (Wildman–Crippen MR) is 98.0 cm³/mol. The second-order valence-electron chi connectivity index (χ2n) is 5.67. The van der Waals surface area contributed by atoms with Crippen molar-refractivity contribution in [3.8, 4) is 0 Å². The lowest BCUT2D eigenvalue weighted by molar-refractivity contribution is -0.383. The van der Waals surface area contributed by atoms with E-state index in [9.17, 15) is 10.1 Å². The number of benzene rings is 1. The summed E-state index contributed by atoms with van der Waals surface area (Å²) in [7, 11) is 3.58. The van der Waals surface area contributed by atoms with Crippen molar-refractivity contribution >= 4 is 33.6 Å². The van der Waals surface area contributed by atoms with Gasteiger partial charge < -0.3 is 9.64 Å². The van der Waals surface area contributed by atoms with Crippen LogP contribution in [0.15, 0.2) is 35.8 Å². The number of anilines is 1. The Bertz CT molecular complexity index is 912. The molecule has 3 rings (SSSR count). The Morgan fingerprint density at radius 2 is 2.20 bits per heavy atom. The van der Waals surface area contributed by atoms with Gasteiger partial charge in [-0.2, -0.15) is 0 Å². The number of ether oxygens (including phenoxy) is 1. The van der Waals surface area contributed by atoms with Gasteiger partial charge in [0.1, 0.15) is 16.6 Å². The number of aromatic nitrogens is 2. The molecule has 0 aliphatic rings. The summed E-state index contributed by atoms with van der Waals surface area (Å²) in [6, 6.07) is 6.69. The topological polar surface area (TPSA) is 81.4 Å². The van der Waals surface area contributed by atoms with Crippen LogP contribution in [-0.2, 0) is 11.3 Å². The van der Waals surface area contributed by atoms with Crippen molar-refractivity contribution in [2.75, 3.05) is 19.1 Å². The maximum Gasteiger partial charge on any atom is 0.278 e. The van der Waals surface area contributed by atoms with Crippen molar-refractivity contribution in [1.29, 1.82) is 0 Å². The lowest BCUT2D eigenvalue weighted by Gasteiger charge is -2.19. The minimum atomic E-state index is -0.382. The molecular formula is C17H18N4O3S. The first-order chi connectivity index (χ1) is 12.0. The van der Waals surface area contributed by atoms with Crippen LogP contribution in [0.1, 0.15) is 23.7 Å². The number of thiazole rings is 1. The van der Waals surface area contributed by atoms with Gasteiger partial charge in [-0.05, 0) is 25.1 Å². The molecule has 1 atom stereocenters. The number of non-ortho nitro benzene ring substituents is 1. The molecule has 0 N–H and O–H groups in total. The first-order valence-electron chi connectivity index (χ1n) is 7.71. The standard InChI is InChI=1S/C17H18N4O3S/c1-11(24-3)17-19-12(10-25-17)9-20(2)15-7-6-14(21(22)23)13-5-4-8-18-16(13)15/h4-8,10-11H,9H2,1-3H3. The number of rotatable bonds is 6. The smallest absolute Gasteiger partial charge is 0.278 e. The number of hydrogen-bond acceptors (Lipinski definition) is 7. The molecule has 0 aliphatic heterocycles. The molecule has 0 saturated carbocycles. The molecular weight excluding hydrogens is 340 g/mol. The van der Waals surface area contributed by atoms with Crippen LogP contribution < -0.4 is 4.90 Å². The molecule has 7 nitrogen and oxygen atoms in total. The van der Waals surface area contributed by atoms with Gasteiger partial charge in [-0.1, -0.05) is 0 Å². The van der Waals surface area contributed by atoms with E-state index >= 15 is 0 Å². The fourth-order valence-corrected chi connectivity index (χ4v) is 3.46. The highest BCUT2D eigenvalue weighted by Gasteiger charge is 2.18. The zero-order chi connectivity index (χ0) is 18.0. The maximum atomic E-state index is 11.2. The number of pyridine rings is 1. The average Bonchev–Trinajstić information content (AvgIpc) is 3.08. The Kier molecular flexibility index (Phi) is 4.91. The molecule has 0 amide bonds. The minimum Gasteiger partial charge on any atom is -0.375 e. The molecule has 0 bridgehead atoms. The minimum absolute atomic E-state index is 0.0362. The average molecular weight is 358 g/mol. The second kappa shape index (κ2) is 7.12. The van der Waals surface area contributed by atoms with E-state index in [0.29, 0.717) is 17.4 Å². The van der Waals surface area contributed by atoms with Gasteiger partial charge in [0.25, 0.3) is 5.69 Å². The van der Waals surface area contributed by atoms with E-state index in [2.05, 4.69) is 9.97 Å². The zero-order valence-electron chi connectivity index (χ0n) is 14.2. The first kappa shape index (κ1) is 17.2. The lowest BCUT2D eigenvalue weighted by atomic mass is 10.1. The van der Waals surface area contributed by atoms with Crippen LogP contribution in [-0.4, -0.2) is 29.0 Å². The number of hydrogen-bond donors (Lipinski definition) is 0. The van der Waals surface area contributed by atoms with E-state index < -0.39 is 0 Å². The Morgan fingerprint density at radius 1 is 1.40 bits per heavy atom. The van der Waals surface area contributed by atoms with Gasteiger partial charge in [-0.15, -0.1) is 11.3 Å². The van der Waals surface area contributed by atoms with Crippen molar-refractivity contribution in [3.05, 3.63) is 56.7 Å².